The Balaban J connectivity index is 1.24. The lowest BCUT2D eigenvalue weighted by atomic mass is 9.80. The molecule has 1 spiro atoms. The average Bonchev–Trinajstić information content (AvgIpc) is 3.15. The van der Waals surface area contributed by atoms with E-state index < -0.39 is 0 Å². The molecule has 0 saturated carbocycles. The Kier molecular flexibility index (Phi) is 4.90. The second kappa shape index (κ2) is 7.83. The van der Waals surface area contributed by atoms with E-state index in [1.807, 2.05) is 37.3 Å². The van der Waals surface area contributed by atoms with Crippen LogP contribution >= 0.6 is 23.2 Å². The first-order chi connectivity index (χ1) is 16.0. The van der Waals surface area contributed by atoms with Crippen molar-refractivity contribution >= 4 is 39.9 Å². The maximum absolute atomic E-state index is 6.29. The number of ether oxygens (including phenoxy) is 1. The largest absolute Gasteiger partial charge is 0.486 e. The summed E-state index contributed by atoms with van der Waals surface area (Å²) in [4.78, 5) is 6.25. The Bertz CT molecular complexity index is 1310. The van der Waals surface area contributed by atoms with Crippen molar-refractivity contribution in [2.75, 3.05) is 24.5 Å². The number of aromatic amines is 1. The van der Waals surface area contributed by atoms with Gasteiger partial charge in [-0.2, -0.15) is 5.10 Å². The number of pyridine rings is 1. The van der Waals surface area contributed by atoms with Gasteiger partial charge in [-0.1, -0.05) is 23.2 Å². The number of halogens is 2. The first-order valence-corrected chi connectivity index (χ1v) is 11.5. The van der Waals surface area contributed by atoms with Crippen LogP contribution in [0, 0.1) is 0 Å². The molecule has 0 bridgehead atoms. The fraction of sp³-hybridized carbons (Fsp3) is 0.304. The molecule has 8 nitrogen and oxygen atoms in total. The maximum atomic E-state index is 6.29. The highest BCUT2D eigenvalue weighted by Crippen LogP contribution is 2.36. The first-order valence-electron chi connectivity index (χ1n) is 10.8. The molecule has 0 radical (unpaired) electrons. The van der Waals surface area contributed by atoms with Gasteiger partial charge >= 0.3 is 0 Å². The van der Waals surface area contributed by atoms with Gasteiger partial charge in [-0.15, -0.1) is 10.2 Å². The van der Waals surface area contributed by atoms with Crippen molar-refractivity contribution in [3.05, 3.63) is 58.3 Å². The predicted molar refractivity (Wildman–Crippen MR) is 128 cm³/mol. The van der Waals surface area contributed by atoms with Gasteiger partial charge in [0.1, 0.15) is 23.2 Å². The molecule has 4 aromatic rings. The normalized spacial score (nSPS) is 17.6. The Morgan fingerprint density at radius 1 is 1.09 bits per heavy atom. The smallest absolute Gasteiger partial charge is 0.151 e. The zero-order valence-corrected chi connectivity index (χ0v) is 19.4. The summed E-state index contributed by atoms with van der Waals surface area (Å²) in [6.45, 7) is 4.97. The Labute approximate surface area is 200 Å². The van der Waals surface area contributed by atoms with Crippen LogP contribution in [0.3, 0.4) is 0 Å². The van der Waals surface area contributed by atoms with E-state index >= 15 is 0 Å². The molecule has 5 heterocycles. The van der Waals surface area contributed by atoms with Crippen LogP contribution in [0.2, 0.25) is 10.0 Å². The van der Waals surface area contributed by atoms with Gasteiger partial charge in [0.2, 0.25) is 0 Å². The number of fused-ring (bicyclic) bond motifs is 1. The fourth-order valence-electron chi connectivity index (χ4n) is 4.55. The molecule has 2 fully saturated rings. The van der Waals surface area contributed by atoms with Crippen LogP contribution in [0.25, 0.3) is 22.3 Å². The lowest BCUT2D eigenvalue weighted by Gasteiger charge is -2.56. The molecule has 1 aromatic carbocycles. The second-order valence-electron chi connectivity index (χ2n) is 8.65. The quantitative estimate of drug-likeness (QED) is 0.435. The lowest BCUT2D eigenvalue weighted by Crippen LogP contribution is -2.76. The average molecular weight is 482 g/mol. The minimum atomic E-state index is -0.357. The Hall–Kier alpha value is -2.94. The van der Waals surface area contributed by atoms with Gasteiger partial charge in [0.15, 0.2) is 5.82 Å². The SMILES string of the molecule is C[C@@H](Oc1ccc2[nH]nc(-c3ccc(N4CC5(CCN5)C4)nn3)c2c1)c1c(Cl)cncc1Cl. The molecule has 33 heavy (non-hydrogen) atoms. The molecule has 2 N–H and O–H groups in total. The van der Waals surface area contributed by atoms with Gasteiger partial charge in [-0.3, -0.25) is 10.1 Å². The summed E-state index contributed by atoms with van der Waals surface area (Å²) in [7, 11) is 0. The summed E-state index contributed by atoms with van der Waals surface area (Å²) in [6, 6.07) is 9.71. The van der Waals surface area contributed by atoms with Crippen LogP contribution < -0.4 is 15.0 Å². The molecule has 168 valence electrons. The van der Waals surface area contributed by atoms with Crippen LogP contribution in [0.5, 0.6) is 5.75 Å². The van der Waals surface area contributed by atoms with Crippen molar-refractivity contribution < 1.29 is 4.74 Å². The molecule has 10 heteroatoms. The van der Waals surface area contributed by atoms with E-state index in [9.17, 15) is 0 Å². The van der Waals surface area contributed by atoms with E-state index in [2.05, 4.69) is 35.6 Å². The molecule has 0 amide bonds. The van der Waals surface area contributed by atoms with E-state index in [0.717, 1.165) is 42.0 Å². The summed E-state index contributed by atoms with van der Waals surface area (Å²) in [6.07, 6.45) is 4.00. The molecule has 2 aliphatic rings. The van der Waals surface area contributed by atoms with Crippen LogP contribution in [0.1, 0.15) is 25.0 Å². The summed E-state index contributed by atoms with van der Waals surface area (Å²) in [5, 5.41) is 21.8. The molecule has 3 aromatic heterocycles. The van der Waals surface area contributed by atoms with Crippen molar-refractivity contribution in [1.82, 2.24) is 30.7 Å². The third kappa shape index (κ3) is 3.58. The van der Waals surface area contributed by atoms with Crippen LogP contribution in [-0.2, 0) is 0 Å². The van der Waals surface area contributed by atoms with Crippen LogP contribution in [-0.4, -0.2) is 50.6 Å². The van der Waals surface area contributed by atoms with E-state index in [4.69, 9.17) is 27.9 Å². The number of aromatic nitrogens is 5. The van der Waals surface area contributed by atoms with Crippen LogP contribution in [0.15, 0.2) is 42.7 Å². The molecule has 1 atom stereocenters. The van der Waals surface area contributed by atoms with Gasteiger partial charge < -0.3 is 15.0 Å². The molecular weight excluding hydrogens is 461 g/mol. The topological polar surface area (TPSA) is 91.8 Å². The van der Waals surface area contributed by atoms with Gasteiger partial charge in [-0.05, 0) is 50.2 Å². The van der Waals surface area contributed by atoms with Crippen molar-refractivity contribution in [2.24, 2.45) is 0 Å². The summed E-state index contributed by atoms with van der Waals surface area (Å²) in [5.41, 5.74) is 3.32. The number of nitrogens with one attached hydrogen (secondary N) is 2. The fourth-order valence-corrected chi connectivity index (χ4v) is 5.22. The minimum Gasteiger partial charge on any atom is -0.486 e. The predicted octanol–water partition coefficient (Wildman–Crippen LogP) is 4.41. The molecular formula is C23H21Cl2N7O. The monoisotopic (exact) mass is 481 g/mol. The van der Waals surface area contributed by atoms with Gasteiger partial charge in [0, 0.05) is 36.4 Å². The Morgan fingerprint density at radius 3 is 2.55 bits per heavy atom. The number of anilines is 1. The third-order valence-corrected chi connectivity index (χ3v) is 7.05. The zero-order chi connectivity index (χ0) is 22.6. The van der Waals surface area contributed by atoms with Crippen molar-refractivity contribution in [1.29, 1.82) is 0 Å². The van der Waals surface area contributed by atoms with Crippen molar-refractivity contribution in [3.8, 4) is 17.1 Å². The highest BCUT2D eigenvalue weighted by Gasteiger charge is 2.47. The number of nitrogens with zero attached hydrogens (tertiary/aromatic N) is 5. The number of benzene rings is 1. The van der Waals surface area contributed by atoms with Gasteiger partial charge in [-0.25, -0.2) is 0 Å². The van der Waals surface area contributed by atoms with E-state index in [1.165, 1.54) is 6.42 Å². The maximum Gasteiger partial charge on any atom is 0.151 e. The zero-order valence-electron chi connectivity index (χ0n) is 17.8. The standard InChI is InChI=1S/C23H21Cl2N7O/c1-13(21-16(24)9-26-10-17(21)25)33-14-2-3-18-15(8-14)22(31-28-18)19-4-5-20(30-29-19)32-11-23(12-32)6-7-27-23/h2-5,8-10,13,27H,6-7,11-12H2,1H3,(H,28,31)/t13-/m1/s1. The molecule has 6 rings (SSSR count). The molecule has 0 unspecified atom stereocenters. The molecule has 0 aliphatic carbocycles. The van der Waals surface area contributed by atoms with Gasteiger partial charge in [0.25, 0.3) is 0 Å². The minimum absolute atomic E-state index is 0.303. The van der Waals surface area contributed by atoms with E-state index in [1.54, 1.807) is 12.4 Å². The summed E-state index contributed by atoms with van der Waals surface area (Å²) >= 11 is 12.6. The highest BCUT2D eigenvalue weighted by molar-refractivity contribution is 6.35. The van der Waals surface area contributed by atoms with Gasteiger partial charge in [0.05, 0.1) is 21.1 Å². The molecule has 2 aliphatic heterocycles. The number of hydrogen-bond donors (Lipinski definition) is 2. The Morgan fingerprint density at radius 2 is 1.88 bits per heavy atom. The number of H-pyrrole nitrogens is 1. The number of hydrogen-bond acceptors (Lipinski definition) is 7. The lowest BCUT2D eigenvalue weighted by molar-refractivity contribution is 0.158. The summed E-state index contributed by atoms with van der Waals surface area (Å²) < 4.78 is 6.15. The van der Waals surface area contributed by atoms with E-state index in [0.29, 0.717) is 32.6 Å². The van der Waals surface area contributed by atoms with Crippen molar-refractivity contribution in [2.45, 2.75) is 25.0 Å². The van der Waals surface area contributed by atoms with Crippen LogP contribution in [0.4, 0.5) is 5.82 Å². The highest BCUT2D eigenvalue weighted by atomic mass is 35.5. The number of rotatable bonds is 5. The third-order valence-electron chi connectivity index (χ3n) is 6.45. The van der Waals surface area contributed by atoms with Crippen molar-refractivity contribution in [3.63, 3.8) is 0 Å². The first kappa shape index (κ1) is 20.7. The van der Waals surface area contributed by atoms with E-state index in [-0.39, 0.29) is 6.10 Å². The molecule has 2 saturated heterocycles. The summed E-state index contributed by atoms with van der Waals surface area (Å²) in [5.74, 6) is 1.56. The second-order valence-corrected chi connectivity index (χ2v) is 9.46.